The summed E-state index contributed by atoms with van der Waals surface area (Å²) in [4.78, 5) is 0. The van der Waals surface area contributed by atoms with Gasteiger partial charge in [-0.25, -0.2) is 0 Å². The third-order valence-corrected chi connectivity index (χ3v) is 2.20. The Morgan fingerprint density at radius 3 is 2.90 bits per heavy atom. The van der Waals surface area contributed by atoms with Crippen molar-refractivity contribution in [3.8, 4) is 0 Å². The van der Waals surface area contributed by atoms with E-state index in [4.69, 9.17) is 0 Å². The zero-order valence-electron chi connectivity index (χ0n) is 6.39. The summed E-state index contributed by atoms with van der Waals surface area (Å²) in [5.74, 6) is 0. The van der Waals surface area contributed by atoms with Crippen molar-refractivity contribution in [1.82, 2.24) is 4.57 Å². The summed E-state index contributed by atoms with van der Waals surface area (Å²) in [6.07, 6.45) is 5.64. The predicted octanol–water partition coefficient (Wildman–Crippen LogP) is 0.298. The molecule has 10 heavy (non-hydrogen) atoms. The van der Waals surface area contributed by atoms with Crippen molar-refractivity contribution < 1.29 is 0 Å². The van der Waals surface area contributed by atoms with E-state index in [1.165, 1.54) is 16.3 Å². The summed E-state index contributed by atoms with van der Waals surface area (Å²) in [5.41, 5.74) is 1.34. The van der Waals surface area contributed by atoms with E-state index in [2.05, 4.69) is 36.8 Å². The maximum Gasteiger partial charge on any atom is 0.0439 e. The molecule has 0 aromatic carbocycles. The average molecular weight is 133 g/mol. The lowest BCUT2D eigenvalue weighted by molar-refractivity contribution is 0.849. The van der Waals surface area contributed by atoms with Gasteiger partial charge >= 0.3 is 0 Å². The molecule has 1 aromatic rings. The molecule has 0 bridgehead atoms. The maximum atomic E-state index is 2.27. The van der Waals surface area contributed by atoms with Gasteiger partial charge in [0, 0.05) is 18.1 Å². The van der Waals surface area contributed by atoms with Crippen LogP contribution >= 0.6 is 0 Å². The summed E-state index contributed by atoms with van der Waals surface area (Å²) in [5, 5.41) is 2.79. The lowest BCUT2D eigenvalue weighted by atomic mass is 10.4. The van der Waals surface area contributed by atoms with E-state index >= 15 is 0 Å². The molecule has 0 spiro atoms. The third-order valence-electron chi connectivity index (χ3n) is 2.20. The second kappa shape index (κ2) is 1.75. The van der Waals surface area contributed by atoms with Crippen LogP contribution in [0.5, 0.6) is 0 Å². The van der Waals surface area contributed by atoms with Gasteiger partial charge in [-0.1, -0.05) is 12.2 Å². The Morgan fingerprint density at radius 2 is 2.20 bits per heavy atom. The Bertz CT molecular complexity index is 368. The van der Waals surface area contributed by atoms with E-state index in [1.807, 2.05) is 0 Å². The zero-order valence-corrected chi connectivity index (χ0v) is 6.39. The predicted molar refractivity (Wildman–Crippen MR) is 42.9 cm³/mol. The van der Waals surface area contributed by atoms with E-state index in [-0.39, 0.29) is 0 Å². The van der Waals surface area contributed by atoms with Gasteiger partial charge in [-0.3, -0.25) is 0 Å². The topological polar surface area (TPSA) is 4.93 Å². The first-order valence-electron chi connectivity index (χ1n) is 3.62. The van der Waals surface area contributed by atoms with Crippen molar-refractivity contribution in [2.45, 2.75) is 13.3 Å². The van der Waals surface area contributed by atoms with Crippen molar-refractivity contribution in [2.75, 3.05) is 0 Å². The molecule has 1 aromatic heterocycles. The number of hydrogen-bond acceptors (Lipinski definition) is 0. The fourth-order valence-corrected chi connectivity index (χ4v) is 1.50. The van der Waals surface area contributed by atoms with Gasteiger partial charge in [0.1, 0.15) is 0 Å². The lowest BCUT2D eigenvalue weighted by Crippen LogP contribution is -2.24. The Hall–Kier alpha value is -0.980. The molecule has 0 radical (unpaired) electrons. The summed E-state index contributed by atoms with van der Waals surface area (Å²) < 4.78 is 2.23. The smallest absolute Gasteiger partial charge is 0.0439 e. The minimum absolute atomic E-state index is 1.11. The molecule has 1 heterocycles. The van der Waals surface area contributed by atoms with Gasteiger partial charge in [-0.2, -0.15) is 0 Å². The highest BCUT2D eigenvalue weighted by Crippen LogP contribution is 1.93. The Kier molecular flexibility index (Phi) is 1.01. The molecular formula is C9H11N. The highest BCUT2D eigenvalue weighted by molar-refractivity contribution is 5.45. The van der Waals surface area contributed by atoms with Crippen LogP contribution in [0, 0.1) is 6.92 Å². The Labute approximate surface area is 60.3 Å². The van der Waals surface area contributed by atoms with Crippen molar-refractivity contribution in [2.24, 2.45) is 7.05 Å². The van der Waals surface area contributed by atoms with Gasteiger partial charge in [-0.15, -0.1) is 0 Å². The quantitative estimate of drug-likeness (QED) is 0.479. The molecule has 2 rings (SSSR count). The number of fused-ring (bicyclic) bond motifs is 1. The fourth-order valence-electron chi connectivity index (χ4n) is 1.50. The molecule has 1 heteroatoms. The van der Waals surface area contributed by atoms with Crippen LogP contribution in [0.25, 0.3) is 12.2 Å². The molecule has 0 fully saturated rings. The van der Waals surface area contributed by atoms with Crippen LogP contribution in [0.1, 0.15) is 12.1 Å². The van der Waals surface area contributed by atoms with Crippen LogP contribution in [0.4, 0.5) is 0 Å². The van der Waals surface area contributed by atoms with Gasteiger partial charge in [0.05, 0.1) is 0 Å². The lowest BCUT2D eigenvalue weighted by Gasteiger charge is -1.93. The maximum absolute atomic E-state index is 2.27. The first-order valence-corrected chi connectivity index (χ1v) is 3.62. The average Bonchev–Trinajstić information content (AvgIpc) is 2.41. The molecule has 0 atom stereocenters. The van der Waals surface area contributed by atoms with Crippen molar-refractivity contribution in [3.05, 3.63) is 22.3 Å². The minimum Gasteiger partial charge on any atom is -0.348 e. The number of aromatic nitrogens is 1. The molecule has 0 aliphatic heterocycles. The van der Waals surface area contributed by atoms with Crippen molar-refractivity contribution in [1.29, 1.82) is 0 Å². The van der Waals surface area contributed by atoms with Crippen LogP contribution in [0.2, 0.25) is 0 Å². The van der Waals surface area contributed by atoms with E-state index in [1.54, 1.807) is 0 Å². The molecule has 0 saturated heterocycles. The number of nitrogens with zero attached hydrogens (tertiary/aromatic N) is 1. The Morgan fingerprint density at radius 1 is 1.40 bits per heavy atom. The van der Waals surface area contributed by atoms with Crippen LogP contribution in [-0.2, 0) is 7.05 Å². The first kappa shape index (κ1) is 5.78. The minimum atomic E-state index is 1.11. The van der Waals surface area contributed by atoms with Crippen molar-refractivity contribution in [3.63, 3.8) is 0 Å². The molecular weight excluding hydrogens is 122 g/mol. The molecule has 1 nitrogen and oxygen atoms in total. The van der Waals surface area contributed by atoms with Gasteiger partial charge < -0.3 is 4.57 Å². The molecule has 0 unspecified atom stereocenters. The van der Waals surface area contributed by atoms with Crippen LogP contribution in [-0.4, -0.2) is 4.57 Å². The molecule has 52 valence electrons. The largest absolute Gasteiger partial charge is 0.348 e. The second-order valence-electron chi connectivity index (χ2n) is 2.83. The number of hydrogen-bond donors (Lipinski definition) is 0. The normalized spacial score (nSPS) is 14.2. The van der Waals surface area contributed by atoms with E-state index in [9.17, 15) is 0 Å². The third kappa shape index (κ3) is 0.576. The zero-order chi connectivity index (χ0) is 7.14. The van der Waals surface area contributed by atoms with E-state index in [0.717, 1.165) is 6.42 Å². The molecule has 0 N–H and O–H groups in total. The molecule has 0 saturated carbocycles. The van der Waals surface area contributed by atoms with Crippen LogP contribution < -0.4 is 10.6 Å². The van der Waals surface area contributed by atoms with Gasteiger partial charge in [-0.05, 0) is 24.6 Å². The van der Waals surface area contributed by atoms with Gasteiger partial charge in [0.2, 0.25) is 0 Å². The van der Waals surface area contributed by atoms with Crippen molar-refractivity contribution >= 4 is 12.2 Å². The van der Waals surface area contributed by atoms with Crippen LogP contribution in [0.3, 0.4) is 0 Å². The van der Waals surface area contributed by atoms with Gasteiger partial charge in [0.25, 0.3) is 0 Å². The monoisotopic (exact) mass is 133 g/mol. The standard InChI is InChI=1S/C9H11N/c1-7-6-8-4-3-5-9(8)10(7)2/h4-6H,3H2,1-2H3. The molecule has 1 aliphatic carbocycles. The van der Waals surface area contributed by atoms with E-state index in [0.29, 0.717) is 0 Å². The summed E-state index contributed by atoms with van der Waals surface area (Å²) in [6.45, 7) is 2.14. The second-order valence-corrected chi connectivity index (χ2v) is 2.83. The highest BCUT2D eigenvalue weighted by atomic mass is 14.9. The molecule has 0 amide bonds. The SMILES string of the molecule is Cc1cc2c(n1C)=CCC=2. The first-order chi connectivity index (χ1) is 4.79. The molecule has 1 aliphatic rings. The Balaban J connectivity index is 2.97. The van der Waals surface area contributed by atoms with Crippen LogP contribution in [0.15, 0.2) is 6.07 Å². The highest BCUT2D eigenvalue weighted by Gasteiger charge is 1.99. The summed E-state index contributed by atoms with van der Waals surface area (Å²) in [7, 11) is 2.11. The van der Waals surface area contributed by atoms with Gasteiger partial charge in [0.15, 0.2) is 0 Å². The summed E-state index contributed by atoms with van der Waals surface area (Å²) in [6, 6.07) is 2.23. The number of aryl methyl sites for hydroxylation is 1. The number of rotatable bonds is 0. The summed E-state index contributed by atoms with van der Waals surface area (Å²) >= 11 is 0. The fraction of sp³-hybridized carbons (Fsp3) is 0.333. The van der Waals surface area contributed by atoms with E-state index < -0.39 is 0 Å².